The van der Waals surface area contributed by atoms with Gasteiger partial charge in [0, 0.05) is 5.69 Å². The van der Waals surface area contributed by atoms with Gasteiger partial charge in [0.25, 0.3) is 5.91 Å². The number of carbonyl (C=O) groups excluding carboxylic acids is 1. The van der Waals surface area contributed by atoms with Gasteiger partial charge in [0.2, 0.25) is 0 Å². The maximum absolute atomic E-state index is 13.1. The van der Waals surface area contributed by atoms with Crippen molar-refractivity contribution in [2.75, 3.05) is 5.32 Å². The first kappa shape index (κ1) is 18.0. The zero-order chi connectivity index (χ0) is 18.7. The summed E-state index contributed by atoms with van der Waals surface area (Å²) in [7, 11) is 0. The first-order chi connectivity index (χ1) is 12.4. The van der Waals surface area contributed by atoms with Gasteiger partial charge in [-0.15, -0.1) is 5.10 Å². The zero-order valence-electron chi connectivity index (χ0n) is 14.0. The molecule has 3 aromatic rings. The standard InChI is InChI=1S/C17H15BrFN5O2/c1-10(26-16-7-6-12(19)8-15(16)18)17(25)20-13-4-3-5-14(9-13)24-11(2)21-22-23-24/h3-10H,1-2H3,(H,20,25). The minimum atomic E-state index is -0.782. The van der Waals surface area contributed by atoms with Gasteiger partial charge in [-0.05, 0) is 76.6 Å². The van der Waals surface area contributed by atoms with E-state index in [1.807, 2.05) is 6.07 Å². The number of nitrogens with zero attached hydrogens (tertiary/aromatic N) is 4. The number of nitrogens with one attached hydrogen (secondary N) is 1. The molecule has 1 N–H and O–H groups in total. The number of rotatable bonds is 5. The maximum Gasteiger partial charge on any atom is 0.265 e. The van der Waals surface area contributed by atoms with E-state index in [9.17, 15) is 9.18 Å². The Morgan fingerprint density at radius 2 is 2.12 bits per heavy atom. The number of benzene rings is 2. The lowest BCUT2D eigenvalue weighted by molar-refractivity contribution is -0.122. The molecule has 1 amide bonds. The van der Waals surface area contributed by atoms with Gasteiger partial charge in [0.1, 0.15) is 11.6 Å². The fourth-order valence-corrected chi connectivity index (χ4v) is 2.69. The third kappa shape index (κ3) is 4.05. The smallest absolute Gasteiger partial charge is 0.265 e. The van der Waals surface area contributed by atoms with Crippen molar-refractivity contribution < 1.29 is 13.9 Å². The van der Waals surface area contributed by atoms with E-state index in [-0.39, 0.29) is 5.91 Å². The first-order valence-corrected chi connectivity index (χ1v) is 8.51. The van der Waals surface area contributed by atoms with Crippen molar-refractivity contribution in [1.29, 1.82) is 0 Å². The number of amides is 1. The number of hydrogen-bond donors (Lipinski definition) is 1. The molecule has 0 saturated carbocycles. The summed E-state index contributed by atoms with van der Waals surface area (Å²) in [6, 6.07) is 11.1. The molecule has 0 aliphatic rings. The van der Waals surface area contributed by atoms with Crippen LogP contribution >= 0.6 is 15.9 Å². The number of aromatic nitrogens is 4. The topological polar surface area (TPSA) is 81.9 Å². The second kappa shape index (κ2) is 7.61. The normalized spacial score (nSPS) is 11.8. The van der Waals surface area contributed by atoms with Crippen molar-refractivity contribution in [2.45, 2.75) is 20.0 Å². The van der Waals surface area contributed by atoms with Crippen molar-refractivity contribution in [2.24, 2.45) is 0 Å². The minimum absolute atomic E-state index is 0.341. The van der Waals surface area contributed by atoms with Crippen molar-refractivity contribution in [3.05, 3.63) is 58.6 Å². The Labute approximate surface area is 157 Å². The molecule has 1 aromatic heterocycles. The van der Waals surface area contributed by atoms with Crippen LogP contribution in [0.2, 0.25) is 0 Å². The molecule has 1 atom stereocenters. The van der Waals surface area contributed by atoms with Crippen LogP contribution in [0.3, 0.4) is 0 Å². The zero-order valence-corrected chi connectivity index (χ0v) is 15.6. The van der Waals surface area contributed by atoms with Gasteiger partial charge in [0.15, 0.2) is 11.9 Å². The Hall–Kier alpha value is -2.81. The quantitative estimate of drug-likeness (QED) is 0.685. The third-order valence-electron chi connectivity index (χ3n) is 3.55. The molecule has 0 saturated heterocycles. The lowest BCUT2D eigenvalue weighted by Crippen LogP contribution is -2.30. The fourth-order valence-electron chi connectivity index (χ4n) is 2.24. The second-order valence-corrected chi connectivity index (χ2v) is 6.37. The molecule has 0 radical (unpaired) electrons. The van der Waals surface area contributed by atoms with E-state index < -0.39 is 11.9 Å². The summed E-state index contributed by atoms with van der Waals surface area (Å²) >= 11 is 3.21. The molecule has 0 aliphatic carbocycles. The maximum atomic E-state index is 13.1. The van der Waals surface area contributed by atoms with Crippen LogP contribution in [0.25, 0.3) is 5.69 Å². The molecular weight excluding hydrogens is 405 g/mol. The van der Waals surface area contributed by atoms with Gasteiger partial charge < -0.3 is 10.1 Å². The van der Waals surface area contributed by atoms with Gasteiger partial charge in [-0.25, -0.2) is 4.39 Å². The van der Waals surface area contributed by atoms with Crippen molar-refractivity contribution in [1.82, 2.24) is 20.2 Å². The van der Waals surface area contributed by atoms with Crippen LogP contribution in [0, 0.1) is 12.7 Å². The highest BCUT2D eigenvalue weighted by atomic mass is 79.9. The highest BCUT2D eigenvalue weighted by Gasteiger charge is 2.17. The second-order valence-electron chi connectivity index (χ2n) is 5.51. The Bertz CT molecular complexity index is 946. The number of hydrogen-bond acceptors (Lipinski definition) is 5. The Morgan fingerprint density at radius 3 is 2.81 bits per heavy atom. The monoisotopic (exact) mass is 419 g/mol. The van der Waals surface area contributed by atoms with Crippen molar-refractivity contribution >= 4 is 27.5 Å². The first-order valence-electron chi connectivity index (χ1n) is 7.72. The predicted molar refractivity (Wildman–Crippen MR) is 96.7 cm³/mol. The van der Waals surface area contributed by atoms with Crippen LogP contribution in [0.15, 0.2) is 46.9 Å². The highest BCUT2D eigenvalue weighted by molar-refractivity contribution is 9.10. The summed E-state index contributed by atoms with van der Waals surface area (Å²) in [6.07, 6.45) is -0.782. The van der Waals surface area contributed by atoms with Gasteiger partial charge in [-0.1, -0.05) is 6.07 Å². The molecule has 9 heteroatoms. The number of tetrazole rings is 1. The minimum Gasteiger partial charge on any atom is -0.480 e. The van der Waals surface area contributed by atoms with E-state index >= 15 is 0 Å². The van der Waals surface area contributed by atoms with E-state index in [1.54, 1.807) is 36.7 Å². The van der Waals surface area contributed by atoms with E-state index in [4.69, 9.17) is 4.74 Å². The third-order valence-corrected chi connectivity index (χ3v) is 4.17. The Kier molecular flexibility index (Phi) is 5.27. The molecule has 2 aromatic carbocycles. The molecular formula is C17H15BrFN5O2. The summed E-state index contributed by atoms with van der Waals surface area (Å²) in [4.78, 5) is 12.4. The number of halogens is 2. The molecule has 26 heavy (non-hydrogen) atoms. The Morgan fingerprint density at radius 1 is 1.31 bits per heavy atom. The molecule has 0 fully saturated rings. The SMILES string of the molecule is Cc1nnnn1-c1cccc(NC(=O)C(C)Oc2ccc(F)cc2Br)c1. The number of ether oxygens (including phenoxy) is 1. The van der Waals surface area contributed by atoms with E-state index in [0.29, 0.717) is 21.7 Å². The van der Waals surface area contributed by atoms with Crippen LogP contribution in [0.1, 0.15) is 12.7 Å². The molecule has 7 nitrogen and oxygen atoms in total. The lowest BCUT2D eigenvalue weighted by Gasteiger charge is -2.16. The van der Waals surface area contributed by atoms with Gasteiger partial charge in [-0.3, -0.25) is 4.79 Å². The van der Waals surface area contributed by atoms with E-state index in [0.717, 1.165) is 5.69 Å². The molecule has 134 valence electrons. The molecule has 0 aliphatic heterocycles. The van der Waals surface area contributed by atoms with Crippen LogP contribution in [-0.4, -0.2) is 32.2 Å². The Balaban J connectivity index is 1.70. The molecule has 1 unspecified atom stereocenters. The lowest BCUT2D eigenvalue weighted by atomic mass is 10.2. The van der Waals surface area contributed by atoms with Crippen molar-refractivity contribution in [3.8, 4) is 11.4 Å². The van der Waals surface area contributed by atoms with Crippen molar-refractivity contribution in [3.63, 3.8) is 0 Å². The highest BCUT2D eigenvalue weighted by Crippen LogP contribution is 2.26. The van der Waals surface area contributed by atoms with Gasteiger partial charge >= 0.3 is 0 Å². The summed E-state index contributed by atoms with van der Waals surface area (Å²) in [5.74, 6) is 0.279. The molecule has 0 bridgehead atoms. The molecule has 1 heterocycles. The number of carbonyl (C=O) groups is 1. The summed E-state index contributed by atoms with van der Waals surface area (Å²) in [5, 5.41) is 14.1. The van der Waals surface area contributed by atoms with Crippen LogP contribution in [0.4, 0.5) is 10.1 Å². The van der Waals surface area contributed by atoms with E-state index in [1.165, 1.54) is 18.2 Å². The van der Waals surface area contributed by atoms with Crippen LogP contribution in [-0.2, 0) is 4.79 Å². The van der Waals surface area contributed by atoms with Gasteiger partial charge in [-0.2, -0.15) is 4.68 Å². The number of aryl methyl sites for hydroxylation is 1. The van der Waals surface area contributed by atoms with E-state index in [2.05, 4.69) is 36.8 Å². The summed E-state index contributed by atoms with van der Waals surface area (Å²) in [6.45, 7) is 3.39. The average molecular weight is 420 g/mol. The fraction of sp³-hybridized carbons (Fsp3) is 0.176. The molecule has 3 rings (SSSR count). The predicted octanol–water partition coefficient (Wildman–Crippen LogP) is 3.28. The molecule has 0 spiro atoms. The van der Waals surface area contributed by atoms with Crippen LogP contribution < -0.4 is 10.1 Å². The summed E-state index contributed by atoms with van der Waals surface area (Å²) in [5.41, 5.74) is 1.30. The van der Waals surface area contributed by atoms with Crippen LogP contribution in [0.5, 0.6) is 5.75 Å². The average Bonchev–Trinajstić information content (AvgIpc) is 3.03. The number of anilines is 1. The van der Waals surface area contributed by atoms with Gasteiger partial charge in [0.05, 0.1) is 10.2 Å². The summed E-state index contributed by atoms with van der Waals surface area (Å²) < 4.78 is 20.7. The largest absolute Gasteiger partial charge is 0.480 e.